The smallest absolute Gasteiger partial charge is 0.319 e. The summed E-state index contributed by atoms with van der Waals surface area (Å²) in [5, 5.41) is 24.8. The monoisotopic (exact) mass is 1440 g/mol. The van der Waals surface area contributed by atoms with E-state index in [1.54, 1.807) is 122 Å². The lowest BCUT2D eigenvalue weighted by Crippen LogP contribution is -2.34. The molecule has 0 spiro atoms. The Labute approximate surface area is 618 Å². The number of fused-ring (bicyclic) bond motifs is 4. The van der Waals surface area contributed by atoms with Crippen LogP contribution in [0.4, 0.5) is 16.2 Å². The van der Waals surface area contributed by atoms with Gasteiger partial charge in [0.15, 0.2) is 23.1 Å². The predicted molar refractivity (Wildman–Crippen MR) is 410 cm³/mol. The van der Waals surface area contributed by atoms with Crippen LogP contribution < -0.4 is 16.0 Å². The Balaban J connectivity index is 0.000000286. The molecule has 2 aliphatic rings. The molecule has 19 heteroatoms. The van der Waals surface area contributed by atoms with Crippen LogP contribution in [0.5, 0.6) is 0 Å². The second kappa shape index (κ2) is 41.0. The van der Waals surface area contributed by atoms with Crippen LogP contribution in [0.1, 0.15) is 236 Å². The number of nitrogens with one attached hydrogen (secondary N) is 3. The van der Waals surface area contributed by atoms with E-state index in [2.05, 4.69) is 84.4 Å². The second-order valence-electron chi connectivity index (χ2n) is 28.1. The van der Waals surface area contributed by atoms with Gasteiger partial charge in [-0.15, -0.1) is 0 Å². The number of hydrogen-bond donors (Lipinski definition) is 5. The highest BCUT2D eigenvalue weighted by atomic mass is 16.5. The Hall–Kier alpha value is -10.7. The number of ketones is 4. The SMILES string of the molecule is CCC(C)(C)C(=O)O.CCC(C)(C)C(=O)O.CCC(C)(C)C(=O)OCCC(=O)Nc1ccc2c(c1)C(=O)c1ccccc1C2=O.CCC(C)(C)C(=O)OCCNC(=O)Nc1ccc2c(c1)C(=O)c1ccccc1C2=O.CCC(C)C(=O)OCc1ccccc1.CCC(C)c1ccc(-c2ccccc2)cc1. The highest BCUT2D eigenvalue weighted by Crippen LogP contribution is 2.32. The summed E-state index contributed by atoms with van der Waals surface area (Å²) in [6.07, 6.45) is 4.69. The van der Waals surface area contributed by atoms with Gasteiger partial charge >= 0.3 is 35.9 Å². The van der Waals surface area contributed by atoms with Crippen molar-refractivity contribution in [1.82, 2.24) is 5.32 Å². The van der Waals surface area contributed by atoms with Crippen LogP contribution in [0.3, 0.4) is 0 Å². The Morgan fingerprint density at radius 1 is 0.410 bits per heavy atom. The molecule has 0 fully saturated rings. The molecule has 0 heterocycles. The van der Waals surface area contributed by atoms with Gasteiger partial charge in [-0.1, -0.05) is 189 Å². The molecule has 0 radical (unpaired) electrons. The number of benzene rings is 7. The van der Waals surface area contributed by atoms with Crippen LogP contribution in [-0.2, 0) is 49.6 Å². The molecule has 0 saturated carbocycles. The molecule has 9 rings (SSSR count). The third kappa shape index (κ3) is 25.9. The average Bonchev–Trinajstić information content (AvgIpc) is 0.767. The molecule has 5 N–H and O–H groups in total. The van der Waals surface area contributed by atoms with E-state index < -0.39 is 39.6 Å². The number of urea groups is 1. The Morgan fingerprint density at radius 2 is 0.781 bits per heavy atom. The first-order valence-corrected chi connectivity index (χ1v) is 35.7. The summed E-state index contributed by atoms with van der Waals surface area (Å²) in [4.78, 5) is 131. The van der Waals surface area contributed by atoms with Gasteiger partial charge in [0.25, 0.3) is 0 Å². The van der Waals surface area contributed by atoms with E-state index in [-0.39, 0.29) is 90.2 Å². The highest BCUT2D eigenvalue weighted by Gasteiger charge is 2.33. The van der Waals surface area contributed by atoms with Gasteiger partial charge in [-0.3, -0.25) is 47.9 Å². The summed E-state index contributed by atoms with van der Waals surface area (Å²) in [7, 11) is 0. The van der Waals surface area contributed by atoms with Gasteiger partial charge in [-0.05, 0) is 158 Å². The maximum Gasteiger partial charge on any atom is 0.319 e. The summed E-state index contributed by atoms with van der Waals surface area (Å²) < 4.78 is 15.5. The first-order valence-electron chi connectivity index (χ1n) is 35.7. The van der Waals surface area contributed by atoms with E-state index in [9.17, 15) is 52.7 Å². The predicted octanol–water partition coefficient (Wildman–Crippen LogP) is 18.0. The average molecular weight is 1440 g/mol. The minimum Gasteiger partial charge on any atom is -0.481 e. The zero-order chi connectivity index (χ0) is 78.4. The Morgan fingerprint density at radius 3 is 1.17 bits per heavy atom. The van der Waals surface area contributed by atoms with Crippen molar-refractivity contribution in [3.05, 3.63) is 225 Å². The Bertz CT molecular complexity index is 4110. The third-order valence-electron chi connectivity index (χ3n) is 18.8. The van der Waals surface area contributed by atoms with E-state index in [4.69, 9.17) is 24.4 Å². The minimum absolute atomic E-state index is 0.00119. The number of rotatable bonds is 23. The lowest BCUT2D eigenvalue weighted by molar-refractivity contribution is -0.155. The van der Waals surface area contributed by atoms with Gasteiger partial charge in [0, 0.05) is 55.9 Å². The molecule has 105 heavy (non-hydrogen) atoms. The van der Waals surface area contributed by atoms with Gasteiger partial charge in [0.2, 0.25) is 5.91 Å². The van der Waals surface area contributed by atoms with E-state index in [1.165, 1.54) is 41.3 Å². The van der Waals surface area contributed by atoms with Gasteiger partial charge in [0.05, 0.1) is 40.5 Å². The first kappa shape index (κ1) is 86.7. The maximum absolute atomic E-state index is 12.7. The molecule has 0 saturated heterocycles. The number of aliphatic carboxylic acids is 2. The fraction of sp³-hybridized carbons (Fsp3) is 0.384. The zero-order valence-corrected chi connectivity index (χ0v) is 63.7. The molecule has 2 aliphatic carbocycles. The Kier molecular flexibility index (Phi) is 33.8. The van der Waals surface area contributed by atoms with Crippen molar-refractivity contribution >= 4 is 76.3 Å². The summed E-state index contributed by atoms with van der Waals surface area (Å²) in [6, 6.07) is 51.3. The van der Waals surface area contributed by atoms with Gasteiger partial charge in [0.1, 0.15) is 19.8 Å². The lowest BCUT2D eigenvalue weighted by atomic mass is 9.84. The summed E-state index contributed by atoms with van der Waals surface area (Å²) >= 11 is 0. The third-order valence-corrected chi connectivity index (χ3v) is 18.8. The molecule has 2 unspecified atom stereocenters. The van der Waals surface area contributed by atoms with Crippen molar-refractivity contribution in [1.29, 1.82) is 0 Å². The number of carbonyl (C=O) groups excluding carboxylic acids is 9. The molecular formula is C86H105N3O16. The summed E-state index contributed by atoms with van der Waals surface area (Å²) in [6.45, 7) is 30.5. The van der Waals surface area contributed by atoms with Crippen LogP contribution in [0.2, 0.25) is 0 Å². The fourth-order valence-corrected chi connectivity index (χ4v) is 9.19. The number of hydrogen-bond acceptors (Lipinski definition) is 14. The second-order valence-corrected chi connectivity index (χ2v) is 28.1. The topological polar surface area (TPSA) is 292 Å². The van der Waals surface area contributed by atoms with E-state index in [0.717, 1.165) is 12.0 Å². The lowest BCUT2D eigenvalue weighted by Gasteiger charge is -2.20. The molecule has 2 atom stereocenters. The number of carboxylic acid groups (broad SMARTS) is 2. The molecular weight excluding hydrogens is 1330 g/mol. The largest absolute Gasteiger partial charge is 0.481 e. The minimum atomic E-state index is -0.722. The van der Waals surface area contributed by atoms with E-state index in [0.29, 0.717) is 83.0 Å². The van der Waals surface area contributed by atoms with Crippen LogP contribution in [-0.4, -0.2) is 94.9 Å². The van der Waals surface area contributed by atoms with Crippen LogP contribution in [0.15, 0.2) is 170 Å². The number of anilines is 2. The molecule has 3 amide bonds. The molecule has 560 valence electrons. The van der Waals surface area contributed by atoms with Gasteiger partial charge < -0.3 is 40.4 Å². The summed E-state index contributed by atoms with van der Waals surface area (Å²) in [5.74, 6) is -2.83. The van der Waals surface area contributed by atoms with Gasteiger partial charge in [-0.25, -0.2) is 4.79 Å². The summed E-state index contributed by atoms with van der Waals surface area (Å²) in [5.41, 5.74) is 6.27. The quantitative estimate of drug-likeness (QED) is 0.0226. The van der Waals surface area contributed by atoms with Crippen LogP contribution >= 0.6 is 0 Å². The maximum atomic E-state index is 12.7. The van der Waals surface area contributed by atoms with Crippen molar-refractivity contribution < 1.29 is 77.2 Å². The van der Waals surface area contributed by atoms with Crippen LogP contribution in [0, 0.1) is 27.6 Å². The highest BCUT2D eigenvalue weighted by molar-refractivity contribution is 6.29. The number of carbonyl (C=O) groups is 11. The van der Waals surface area contributed by atoms with Crippen molar-refractivity contribution in [3.8, 4) is 11.1 Å². The van der Waals surface area contributed by atoms with Crippen LogP contribution in [0.25, 0.3) is 11.1 Å². The van der Waals surface area contributed by atoms with E-state index >= 15 is 0 Å². The van der Waals surface area contributed by atoms with Crippen molar-refractivity contribution in [2.24, 2.45) is 27.6 Å². The van der Waals surface area contributed by atoms with Crippen molar-refractivity contribution in [2.75, 3.05) is 30.4 Å². The molecule has 7 aromatic carbocycles. The zero-order valence-electron chi connectivity index (χ0n) is 63.7. The van der Waals surface area contributed by atoms with Crippen molar-refractivity contribution in [3.63, 3.8) is 0 Å². The van der Waals surface area contributed by atoms with E-state index in [1.807, 2.05) is 71.9 Å². The molecule has 0 aliphatic heterocycles. The fourth-order valence-electron chi connectivity index (χ4n) is 9.19. The number of amides is 3. The molecule has 19 nitrogen and oxygen atoms in total. The standard InChI is InChI=1S/C23H24N2O5.C23H23NO5.C16H18.C12H16O2.2C6H12O2/c1-4-23(2,3)21(28)30-12-11-24-22(29)25-14-9-10-17-18(13-14)20(27)16-8-6-5-7-15(16)19(17)26;1-4-23(2,3)22(28)29-12-11-19(25)24-14-9-10-17-18(13-14)21(27)16-8-6-5-7-15(16)20(17)26;1-3-13(2)14-9-11-16(12-10-14)15-7-5-4-6-8-15;1-3-10(2)12(13)14-9-11-7-5-4-6-8-11;2*1-4-6(2,3)5(7)8/h5-10,13H,4,11-12H2,1-3H3,(H2,24,25,29);5-10,13H,4,11-12H2,1-3H3,(H,24,25);4-13H,3H2,1-2H3;4-8,10H,3,9H2,1-2H3;2*4H2,1-3H3,(H,7,8). The van der Waals surface area contributed by atoms with Gasteiger partial charge in [-0.2, -0.15) is 0 Å². The molecule has 0 aromatic heterocycles. The molecule has 7 aromatic rings. The van der Waals surface area contributed by atoms with Crippen molar-refractivity contribution in [2.45, 2.75) is 168 Å². The normalized spacial score (nSPS) is 12.4. The molecule has 0 bridgehead atoms. The number of carboxylic acids is 2. The first-order chi connectivity index (χ1) is 49.5. The number of esters is 3. The number of ether oxygens (including phenoxy) is 3.